The fourth-order valence-corrected chi connectivity index (χ4v) is 8.91. The van der Waals surface area contributed by atoms with Gasteiger partial charge in [0.05, 0.1) is 11.4 Å². The average Bonchev–Trinajstić information content (AvgIpc) is 3.45. The van der Waals surface area contributed by atoms with Crippen molar-refractivity contribution in [3.63, 3.8) is 0 Å². The highest BCUT2D eigenvalue weighted by molar-refractivity contribution is 6.03. The van der Waals surface area contributed by atoms with Crippen molar-refractivity contribution in [1.29, 1.82) is 0 Å². The monoisotopic (exact) mass is 764 g/mol. The summed E-state index contributed by atoms with van der Waals surface area (Å²) >= 11 is 0. The second-order valence-electron chi connectivity index (χ2n) is 15.3. The zero-order chi connectivity index (χ0) is 39.8. The molecule has 1 heterocycles. The largest absolute Gasteiger partial charge is 0.311 e. The van der Waals surface area contributed by atoms with Gasteiger partial charge in [0.2, 0.25) is 0 Å². The normalized spacial score (nSPS) is 11.6. The molecule has 11 rings (SSSR count). The Kier molecular flexibility index (Phi) is 8.87. The lowest BCUT2D eigenvalue weighted by molar-refractivity contribution is 1.28. The third-order valence-corrected chi connectivity index (χ3v) is 11.8. The number of hydrogen-bond acceptors (Lipinski definition) is 2. The van der Waals surface area contributed by atoms with Gasteiger partial charge in [0.1, 0.15) is 0 Å². The number of benzene rings is 10. The quantitative estimate of drug-likeness (QED) is 0.159. The minimum absolute atomic E-state index is 1.09. The van der Waals surface area contributed by atoms with Crippen molar-refractivity contribution in [3.8, 4) is 55.6 Å². The van der Waals surface area contributed by atoms with Crippen LogP contribution in [-0.2, 0) is 0 Å². The number of anilines is 6. The van der Waals surface area contributed by atoms with Crippen molar-refractivity contribution >= 4 is 44.9 Å². The molecule has 2 heteroatoms. The van der Waals surface area contributed by atoms with E-state index in [0.717, 1.165) is 34.0 Å². The lowest BCUT2D eigenvalue weighted by Crippen LogP contribution is -2.10. The molecule has 0 aromatic heterocycles. The van der Waals surface area contributed by atoms with Gasteiger partial charge < -0.3 is 9.80 Å². The molecule has 10 aromatic carbocycles. The molecule has 1 aliphatic heterocycles. The second-order valence-corrected chi connectivity index (χ2v) is 15.3. The van der Waals surface area contributed by atoms with Gasteiger partial charge in [-0.2, -0.15) is 0 Å². The van der Waals surface area contributed by atoms with Crippen LogP contribution in [0.1, 0.15) is 0 Å². The lowest BCUT2D eigenvalue weighted by atomic mass is 9.92. The Morgan fingerprint density at radius 2 is 0.717 bits per heavy atom. The Bertz CT molecular complexity index is 3110. The summed E-state index contributed by atoms with van der Waals surface area (Å²) in [6, 6.07) is 87.9. The van der Waals surface area contributed by atoms with Crippen molar-refractivity contribution in [2.75, 3.05) is 9.80 Å². The summed E-state index contributed by atoms with van der Waals surface area (Å²) < 4.78 is 0. The highest BCUT2D eigenvalue weighted by atomic mass is 15.2. The van der Waals surface area contributed by atoms with Crippen LogP contribution >= 0.6 is 0 Å². The predicted molar refractivity (Wildman–Crippen MR) is 254 cm³/mol. The van der Waals surface area contributed by atoms with E-state index < -0.39 is 0 Å². The van der Waals surface area contributed by atoms with Gasteiger partial charge in [-0.25, -0.2) is 0 Å². The van der Waals surface area contributed by atoms with Gasteiger partial charge in [0.15, 0.2) is 0 Å². The first-order valence-electron chi connectivity index (χ1n) is 20.6. The van der Waals surface area contributed by atoms with E-state index in [0.29, 0.717) is 0 Å². The molecule has 60 heavy (non-hydrogen) atoms. The van der Waals surface area contributed by atoms with Gasteiger partial charge in [-0.05, 0) is 122 Å². The molecule has 0 bridgehead atoms. The van der Waals surface area contributed by atoms with E-state index in [9.17, 15) is 0 Å². The van der Waals surface area contributed by atoms with E-state index in [-0.39, 0.29) is 0 Å². The summed E-state index contributed by atoms with van der Waals surface area (Å²) in [7, 11) is 0. The zero-order valence-corrected chi connectivity index (χ0v) is 33.0. The molecular formula is C58H40N2. The van der Waals surface area contributed by atoms with Crippen LogP contribution in [0.4, 0.5) is 34.1 Å². The van der Waals surface area contributed by atoms with E-state index in [1.165, 1.54) is 66.5 Å². The zero-order valence-electron chi connectivity index (χ0n) is 33.0. The van der Waals surface area contributed by atoms with Crippen LogP contribution in [0.5, 0.6) is 0 Å². The molecule has 1 aliphatic rings. The SMILES string of the molecule is c1ccc(-c2ccc(N(c3ccc(-c4ccc5c(c4)-c4ccccc4-c4ccccc4N5c4ccccc4)cc3)c3ccc(-c4cccc5ccccc45)cc3)cc2)cc1. The standard InChI is InChI=1S/C58H40N2/c1-3-14-41(15-4-1)42-26-33-48(34-27-42)59(50-37-30-45(31-38-50)52-24-13-17-44-16-7-8-20-51(44)52)49-35-28-43(29-36-49)46-32-39-58-56(40-46)54-22-10-9-21-53(54)55-23-11-12-25-57(55)60(58)47-18-5-2-6-19-47/h1-40H. The van der Waals surface area contributed by atoms with Crippen LogP contribution in [0, 0.1) is 0 Å². The summed E-state index contributed by atoms with van der Waals surface area (Å²) in [5, 5.41) is 2.51. The van der Waals surface area contributed by atoms with Gasteiger partial charge in [-0.3, -0.25) is 0 Å². The molecule has 0 spiro atoms. The molecule has 2 nitrogen and oxygen atoms in total. The van der Waals surface area contributed by atoms with Crippen LogP contribution in [0.3, 0.4) is 0 Å². The van der Waals surface area contributed by atoms with E-state index >= 15 is 0 Å². The number of hydrogen-bond donors (Lipinski definition) is 0. The molecule has 0 unspecified atom stereocenters. The molecule has 0 atom stereocenters. The Balaban J connectivity index is 0.994. The Hall–Kier alpha value is -7.94. The smallest absolute Gasteiger partial charge is 0.0540 e. The fourth-order valence-electron chi connectivity index (χ4n) is 8.91. The summed E-state index contributed by atoms with van der Waals surface area (Å²) in [5.41, 5.74) is 18.8. The Morgan fingerprint density at radius 1 is 0.267 bits per heavy atom. The maximum Gasteiger partial charge on any atom is 0.0540 e. The van der Waals surface area contributed by atoms with Crippen molar-refractivity contribution in [1.82, 2.24) is 0 Å². The Morgan fingerprint density at radius 3 is 1.40 bits per heavy atom. The van der Waals surface area contributed by atoms with Gasteiger partial charge in [-0.1, -0.05) is 176 Å². The predicted octanol–water partition coefficient (Wildman–Crippen LogP) is 16.4. The van der Waals surface area contributed by atoms with Gasteiger partial charge in [0, 0.05) is 33.9 Å². The van der Waals surface area contributed by atoms with E-state index in [2.05, 4.69) is 252 Å². The molecule has 0 saturated carbocycles. The highest BCUT2D eigenvalue weighted by Crippen LogP contribution is 2.51. The maximum atomic E-state index is 2.41. The van der Waals surface area contributed by atoms with E-state index in [1.807, 2.05) is 0 Å². The fraction of sp³-hybridized carbons (Fsp3) is 0. The topological polar surface area (TPSA) is 6.48 Å². The summed E-state index contributed by atoms with van der Waals surface area (Å²) in [6.07, 6.45) is 0. The summed E-state index contributed by atoms with van der Waals surface area (Å²) in [5.74, 6) is 0. The molecule has 0 amide bonds. The number of fused-ring (bicyclic) bond motifs is 6. The number of rotatable bonds is 7. The van der Waals surface area contributed by atoms with Crippen molar-refractivity contribution in [2.24, 2.45) is 0 Å². The Labute approximate surface area is 351 Å². The van der Waals surface area contributed by atoms with Crippen LogP contribution in [-0.4, -0.2) is 0 Å². The lowest BCUT2D eigenvalue weighted by Gasteiger charge is -2.27. The maximum absolute atomic E-state index is 2.41. The molecule has 282 valence electrons. The third-order valence-electron chi connectivity index (χ3n) is 11.8. The first kappa shape index (κ1) is 35.2. The minimum Gasteiger partial charge on any atom is -0.311 e. The average molecular weight is 765 g/mol. The van der Waals surface area contributed by atoms with Crippen molar-refractivity contribution < 1.29 is 0 Å². The molecule has 0 fully saturated rings. The van der Waals surface area contributed by atoms with Crippen LogP contribution < -0.4 is 9.80 Å². The van der Waals surface area contributed by atoms with Crippen LogP contribution in [0.15, 0.2) is 243 Å². The molecule has 0 aliphatic carbocycles. The van der Waals surface area contributed by atoms with E-state index in [1.54, 1.807) is 0 Å². The number of para-hydroxylation sites is 2. The molecule has 0 saturated heterocycles. The molecule has 10 aromatic rings. The van der Waals surface area contributed by atoms with Gasteiger partial charge in [0.25, 0.3) is 0 Å². The third kappa shape index (κ3) is 6.32. The highest BCUT2D eigenvalue weighted by Gasteiger charge is 2.26. The van der Waals surface area contributed by atoms with Gasteiger partial charge >= 0.3 is 0 Å². The number of nitrogens with zero attached hydrogens (tertiary/aromatic N) is 2. The molecule has 0 N–H and O–H groups in total. The van der Waals surface area contributed by atoms with Crippen LogP contribution in [0.25, 0.3) is 66.4 Å². The minimum atomic E-state index is 1.09. The second kappa shape index (κ2) is 15.1. The summed E-state index contributed by atoms with van der Waals surface area (Å²) in [6.45, 7) is 0. The van der Waals surface area contributed by atoms with Crippen LogP contribution in [0.2, 0.25) is 0 Å². The van der Waals surface area contributed by atoms with Crippen molar-refractivity contribution in [2.45, 2.75) is 0 Å². The van der Waals surface area contributed by atoms with E-state index in [4.69, 9.17) is 0 Å². The van der Waals surface area contributed by atoms with Gasteiger partial charge in [-0.15, -0.1) is 0 Å². The first-order valence-corrected chi connectivity index (χ1v) is 20.6. The van der Waals surface area contributed by atoms with Crippen molar-refractivity contribution in [3.05, 3.63) is 243 Å². The molecular weight excluding hydrogens is 725 g/mol. The molecule has 0 radical (unpaired) electrons. The first-order chi connectivity index (χ1) is 29.8. The summed E-state index contributed by atoms with van der Waals surface area (Å²) in [4.78, 5) is 4.76.